The topological polar surface area (TPSA) is 69.4 Å². The van der Waals surface area contributed by atoms with Gasteiger partial charge in [-0.25, -0.2) is 0 Å². The van der Waals surface area contributed by atoms with E-state index in [4.69, 9.17) is 9.92 Å². The van der Waals surface area contributed by atoms with E-state index in [9.17, 15) is 8.42 Å². The van der Waals surface area contributed by atoms with E-state index >= 15 is 0 Å². The first-order valence-corrected chi connectivity index (χ1v) is 9.77. The first-order valence-electron chi connectivity index (χ1n) is 8.19. The van der Waals surface area contributed by atoms with Crippen LogP contribution in [0.4, 0.5) is 0 Å². The molecule has 0 amide bonds. The summed E-state index contributed by atoms with van der Waals surface area (Å²) in [4.78, 5) is 0. The number of hydrogen-bond acceptors (Lipinski definition) is 4. The van der Waals surface area contributed by atoms with Gasteiger partial charge in [-0.3, -0.25) is 4.18 Å². The van der Waals surface area contributed by atoms with Gasteiger partial charge in [0, 0.05) is 6.04 Å². The molecule has 5 heteroatoms. The Labute approximate surface area is 123 Å². The van der Waals surface area contributed by atoms with Gasteiger partial charge in [0.25, 0.3) is 10.1 Å². The Morgan fingerprint density at radius 1 is 0.900 bits per heavy atom. The Kier molecular flexibility index (Phi) is 6.30. The van der Waals surface area contributed by atoms with Crippen molar-refractivity contribution in [1.82, 2.24) is 0 Å². The van der Waals surface area contributed by atoms with Crippen molar-refractivity contribution < 1.29 is 12.6 Å². The zero-order valence-corrected chi connectivity index (χ0v) is 13.2. The minimum atomic E-state index is -3.37. The lowest BCUT2D eigenvalue weighted by Gasteiger charge is -2.23. The maximum absolute atomic E-state index is 12.1. The Morgan fingerprint density at radius 2 is 1.50 bits per heavy atom. The van der Waals surface area contributed by atoms with Crippen LogP contribution in [0.1, 0.15) is 64.2 Å². The van der Waals surface area contributed by atoms with Gasteiger partial charge in [-0.2, -0.15) is 8.42 Å². The normalized spacial score (nSPS) is 30.1. The van der Waals surface area contributed by atoms with E-state index in [1.54, 1.807) is 0 Å². The highest BCUT2D eigenvalue weighted by atomic mass is 32.2. The summed E-state index contributed by atoms with van der Waals surface area (Å²) in [6.45, 7) is 0.288. The Balaban J connectivity index is 1.78. The van der Waals surface area contributed by atoms with Crippen molar-refractivity contribution in [3.05, 3.63) is 0 Å². The largest absolute Gasteiger partial charge is 0.327 e. The lowest BCUT2D eigenvalue weighted by Crippen LogP contribution is -2.33. The summed E-state index contributed by atoms with van der Waals surface area (Å²) in [6.07, 6.45) is 11.1. The molecule has 2 saturated carbocycles. The van der Waals surface area contributed by atoms with Gasteiger partial charge in [0.05, 0.1) is 12.4 Å². The molecule has 0 aliphatic heterocycles. The summed E-state index contributed by atoms with van der Waals surface area (Å²) in [5.41, 5.74) is 6.12. The second-order valence-electron chi connectivity index (χ2n) is 6.57. The summed E-state index contributed by atoms with van der Waals surface area (Å²) in [5, 5.41) is 0. The zero-order valence-electron chi connectivity index (χ0n) is 12.4. The molecule has 0 heterocycles. The van der Waals surface area contributed by atoms with E-state index in [1.165, 1.54) is 12.8 Å². The third-order valence-electron chi connectivity index (χ3n) is 4.84. The molecule has 2 aliphatic carbocycles. The van der Waals surface area contributed by atoms with E-state index in [2.05, 4.69) is 0 Å². The predicted molar refractivity (Wildman–Crippen MR) is 80.9 cm³/mol. The highest BCUT2D eigenvalue weighted by molar-refractivity contribution is 7.86. The van der Waals surface area contributed by atoms with Crippen molar-refractivity contribution in [3.63, 3.8) is 0 Å². The fraction of sp³-hybridized carbons (Fsp3) is 1.00. The molecule has 0 spiro atoms. The lowest BCUT2D eigenvalue weighted by atomic mass is 9.91. The molecule has 118 valence electrons. The maximum Gasteiger partial charge on any atom is 0.267 e. The molecule has 0 aromatic rings. The Bertz CT molecular complexity index is 377. The number of hydrogen-bond donors (Lipinski definition) is 1. The zero-order chi connectivity index (χ0) is 14.4. The van der Waals surface area contributed by atoms with Crippen LogP contribution in [0.5, 0.6) is 0 Å². The van der Waals surface area contributed by atoms with Crippen LogP contribution < -0.4 is 5.73 Å². The summed E-state index contributed by atoms with van der Waals surface area (Å²) in [6, 6.07) is 0.0994. The van der Waals surface area contributed by atoms with Gasteiger partial charge in [0.15, 0.2) is 0 Å². The van der Waals surface area contributed by atoms with Crippen LogP contribution in [0.3, 0.4) is 0 Å². The Hall–Kier alpha value is -0.130. The van der Waals surface area contributed by atoms with Gasteiger partial charge in [-0.05, 0) is 37.5 Å². The second kappa shape index (κ2) is 7.76. The van der Waals surface area contributed by atoms with Crippen molar-refractivity contribution in [3.8, 4) is 0 Å². The van der Waals surface area contributed by atoms with Crippen LogP contribution in [0.25, 0.3) is 0 Å². The second-order valence-corrected chi connectivity index (χ2v) is 8.26. The average molecular weight is 303 g/mol. The van der Waals surface area contributed by atoms with Crippen molar-refractivity contribution in [1.29, 1.82) is 0 Å². The molecule has 0 aromatic carbocycles. The van der Waals surface area contributed by atoms with Crippen LogP contribution in [-0.4, -0.2) is 26.8 Å². The molecule has 2 atom stereocenters. The van der Waals surface area contributed by atoms with Gasteiger partial charge in [-0.1, -0.05) is 38.5 Å². The van der Waals surface area contributed by atoms with Crippen LogP contribution in [0.15, 0.2) is 0 Å². The summed E-state index contributed by atoms with van der Waals surface area (Å²) >= 11 is 0. The van der Waals surface area contributed by atoms with Crippen LogP contribution >= 0.6 is 0 Å². The summed E-state index contributed by atoms with van der Waals surface area (Å²) in [5.74, 6) is 0.713. The highest BCUT2D eigenvalue weighted by Gasteiger charge is 2.26. The molecule has 20 heavy (non-hydrogen) atoms. The summed E-state index contributed by atoms with van der Waals surface area (Å²) in [7, 11) is -3.37. The molecule has 2 rings (SSSR count). The van der Waals surface area contributed by atoms with Crippen molar-refractivity contribution in [2.45, 2.75) is 70.3 Å². The minimum Gasteiger partial charge on any atom is -0.327 e. The van der Waals surface area contributed by atoms with E-state index in [0.29, 0.717) is 5.92 Å². The molecule has 2 N–H and O–H groups in total. The predicted octanol–water partition coefficient (Wildman–Crippen LogP) is 2.82. The molecule has 0 saturated heterocycles. The van der Waals surface area contributed by atoms with E-state index < -0.39 is 10.1 Å². The molecule has 0 aromatic heterocycles. The molecule has 0 unspecified atom stereocenters. The fourth-order valence-electron chi connectivity index (χ4n) is 3.50. The maximum atomic E-state index is 12.1. The van der Waals surface area contributed by atoms with E-state index in [1.807, 2.05) is 0 Å². The van der Waals surface area contributed by atoms with Crippen molar-refractivity contribution in [2.24, 2.45) is 17.6 Å². The highest BCUT2D eigenvalue weighted by Crippen LogP contribution is 2.26. The molecule has 2 fully saturated rings. The fourth-order valence-corrected chi connectivity index (χ4v) is 4.89. The summed E-state index contributed by atoms with van der Waals surface area (Å²) < 4.78 is 29.4. The van der Waals surface area contributed by atoms with Gasteiger partial charge >= 0.3 is 0 Å². The molecule has 4 nitrogen and oxygen atoms in total. The smallest absolute Gasteiger partial charge is 0.267 e. The minimum absolute atomic E-state index is 0.0994. The molecular formula is C15H29NO3S. The molecule has 0 radical (unpaired) electrons. The van der Waals surface area contributed by atoms with Gasteiger partial charge in [0.1, 0.15) is 0 Å². The van der Waals surface area contributed by atoms with Crippen LogP contribution in [0, 0.1) is 11.8 Å². The molecular weight excluding hydrogens is 274 g/mol. The van der Waals surface area contributed by atoms with Crippen molar-refractivity contribution >= 4 is 10.1 Å². The standard InChI is InChI=1S/C15H29NO3S/c16-15-10-6-2-5-9-14(15)11-19-20(17,18)12-13-7-3-1-4-8-13/h13-15H,1-12,16H2/t14-,15+/m0/s1. The third-order valence-corrected chi connectivity index (χ3v) is 6.22. The van der Waals surface area contributed by atoms with Crippen LogP contribution in [0.2, 0.25) is 0 Å². The van der Waals surface area contributed by atoms with Gasteiger partial charge < -0.3 is 5.73 Å². The average Bonchev–Trinajstić information content (AvgIpc) is 2.62. The first-order chi connectivity index (χ1) is 9.57. The van der Waals surface area contributed by atoms with Gasteiger partial charge in [-0.15, -0.1) is 0 Å². The first kappa shape index (κ1) is 16.2. The Morgan fingerprint density at radius 3 is 2.20 bits per heavy atom. The monoisotopic (exact) mass is 303 g/mol. The van der Waals surface area contributed by atoms with E-state index in [0.717, 1.165) is 51.4 Å². The van der Waals surface area contributed by atoms with E-state index in [-0.39, 0.29) is 24.3 Å². The van der Waals surface area contributed by atoms with Crippen LogP contribution in [-0.2, 0) is 14.3 Å². The SMILES string of the molecule is N[C@@H]1CCCCC[C@H]1COS(=O)(=O)CC1CCCCC1. The van der Waals surface area contributed by atoms with Gasteiger partial charge in [0.2, 0.25) is 0 Å². The molecule has 2 aliphatic rings. The molecule has 0 bridgehead atoms. The number of rotatable bonds is 5. The van der Waals surface area contributed by atoms with Crippen molar-refractivity contribution in [2.75, 3.05) is 12.4 Å². The number of nitrogens with two attached hydrogens (primary N) is 1. The lowest BCUT2D eigenvalue weighted by molar-refractivity contribution is 0.219. The quantitative estimate of drug-likeness (QED) is 0.626. The third kappa shape index (κ3) is 5.34.